The molecule has 0 unspecified atom stereocenters. The molecule has 0 spiro atoms. The Balaban J connectivity index is 1.58. The molecule has 2 heterocycles. The van der Waals surface area contributed by atoms with Gasteiger partial charge in [0, 0.05) is 16.5 Å². The second-order valence-electron chi connectivity index (χ2n) is 6.01. The normalized spacial score (nSPS) is 11.4. The Morgan fingerprint density at radius 1 is 0.885 bits per heavy atom. The van der Waals surface area contributed by atoms with E-state index in [0.29, 0.717) is 0 Å². The van der Waals surface area contributed by atoms with Crippen LogP contribution in [0.15, 0.2) is 71.2 Å². The predicted octanol–water partition coefficient (Wildman–Crippen LogP) is 5.36. The van der Waals surface area contributed by atoms with Crippen LogP contribution in [0.25, 0.3) is 27.1 Å². The SMILES string of the molecule is Brc1ccccc1-c1nnc2sc(Cc3cccc4ccccc34)nn12. The van der Waals surface area contributed by atoms with Crippen LogP contribution in [0, 0.1) is 0 Å². The molecule has 0 fully saturated rings. The maximum absolute atomic E-state index is 4.78. The summed E-state index contributed by atoms with van der Waals surface area (Å²) in [4.78, 5) is 0.811. The van der Waals surface area contributed by atoms with E-state index in [1.54, 1.807) is 11.3 Å². The largest absolute Gasteiger partial charge is 0.234 e. The topological polar surface area (TPSA) is 43.1 Å². The van der Waals surface area contributed by atoms with Crippen molar-refractivity contribution in [3.63, 3.8) is 0 Å². The lowest BCUT2D eigenvalue weighted by Crippen LogP contribution is -1.94. The monoisotopic (exact) mass is 420 g/mol. The maximum Gasteiger partial charge on any atom is 0.234 e. The number of benzene rings is 3. The molecule has 0 atom stereocenters. The van der Waals surface area contributed by atoms with Gasteiger partial charge in [-0.2, -0.15) is 9.61 Å². The van der Waals surface area contributed by atoms with Crippen molar-refractivity contribution in [2.75, 3.05) is 0 Å². The number of hydrogen-bond donors (Lipinski definition) is 0. The summed E-state index contributed by atoms with van der Waals surface area (Å²) in [6.07, 6.45) is 0.783. The Morgan fingerprint density at radius 2 is 1.69 bits per heavy atom. The number of hydrogen-bond acceptors (Lipinski definition) is 4. The third kappa shape index (κ3) is 2.62. The van der Waals surface area contributed by atoms with E-state index < -0.39 is 0 Å². The summed E-state index contributed by atoms with van der Waals surface area (Å²) in [7, 11) is 0. The molecule has 6 heteroatoms. The molecule has 0 aliphatic rings. The number of halogens is 1. The highest BCUT2D eigenvalue weighted by Gasteiger charge is 2.15. The van der Waals surface area contributed by atoms with Crippen molar-refractivity contribution in [2.24, 2.45) is 0 Å². The summed E-state index contributed by atoms with van der Waals surface area (Å²) < 4.78 is 2.82. The summed E-state index contributed by atoms with van der Waals surface area (Å²) in [6.45, 7) is 0. The van der Waals surface area contributed by atoms with Gasteiger partial charge in [0.2, 0.25) is 4.96 Å². The molecule has 0 saturated heterocycles. The molecule has 0 saturated carbocycles. The Labute approximate surface area is 162 Å². The van der Waals surface area contributed by atoms with E-state index in [1.807, 2.05) is 28.8 Å². The van der Waals surface area contributed by atoms with E-state index in [9.17, 15) is 0 Å². The lowest BCUT2D eigenvalue weighted by molar-refractivity contribution is 0.919. The van der Waals surface area contributed by atoms with E-state index in [-0.39, 0.29) is 0 Å². The Bertz CT molecular complexity index is 1240. The summed E-state index contributed by atoms with van der Waals surface area (Å²) in [5.41, 5.74) is 2.26. The molecule has 2 aromatic heterocycles. The fourth-order valence-corrected chi connectivity index (χ4v) is 4.47. The third-order valence-corrected chi connectivity index (χ3v) is 5.96. The minimum absolute atomic E-state index is 0.757. The summed E-state index contributed by atoms with van der Waals surface area (Å²) in [6, 6.07) is 22.9. The average Bonchev–Trinajstić information content (AvgIpc) is 3.23. The fraction of sp³-hybridized carbons (Fsp3) is 0.0500. The first-order valence-electron chi connectivity index (χ1n) is 8.22. The minimum Gasteiger partial charge on any atom is -0.183 e. The summed E-state index contributed by atoms with van der Waals surface area (Å²) >= 11 is 5.17. The first-order chi connectivity index (χ1) is 12.8. The van der Waals surface area contributed by atoms with Gasteiger partial charge in [0.05, 0.1) is 0 Å². The van der Waals surface area contributed by atoms with Crippen molar-refractivity contribution in [1.82, 2.24) is 19.8 Å². The van der Waals surface area contributed by atoms with E-state index in [1.165, 1.54) is 16.3 Å². The van der Waals surface area contributed by atoms with Crippen LogP contribution in [0.1, 0.15) is 10.6 Å². The molecule has 0 aliphatic carbocycles. The van der Waals surface area contributed by atoms with Gasteiger partial charge in [0.1, 0.15) is 5.01 Å². The zero-order valence-corrected chi connectivity index (χ0v) is 16.0. The Morgan fingerprint density at radius 3 is 2.62 bits per heavy atom. The molecule has 0 aliphatic heterocycles. The van der Waals surface area contributed by atoms with Crippen LogP contribution in [-0.2, 0) is 6.42 Å². The lowest BCUT2D eigenvalue weighted by Gasteiger charge is -2.04. The molecule has 0 bridgehead atoms. The number of nitrogens with zero attached hydrogens (tertiary/aromatic N) is 4. The number of aromatic nitrogens is 4. The van der Waals surface area contributed by atoms with Gasteiger partial charge in [-0.3, -0.25) is 0 Å². The minimum atomic E-state index is 0.757. The van der Waals surface area contributed by atoms with Crippen LogP contribution in [0.4, 0.5) is 0 Å². The van der Waals surface area contributed by atoms with E-state index in [4.69, 9.17) is 5.10 Å². The smallest absolute Gasteiger partial charge is 0.183 e. The van der Waals surface area contributed by atoms with Crippen LogP contribution >= 0.6 is 27.3 Å². The van der Waals surface area contributed by atoms with Crippen molar-refractivity contribution in [2.45, 2.75) is 6.42 Å². The molecular weight excluding hydrogens is 408 g/mol. The second kappa shape index (κ2) is 6.30. The van der Waals surface area contributed by atoms with Gasteiger partial charge in [0.15, 0.2) is 5.82 Å². The van der Waals surface area contributed by atoms with Gasteiger partial charge in [-0.15, -0.1) is 10.2 Å². The molecule has 126 valence electrons. The van der Waals surface area contributed by atoms with Crippen LogP contribution < -0.4 is 0 Å². The zero-order chi connectivity index (χ0) is 17.5. The van der Waals surface area contributed by atoms with Crippen molar-refractivity contribution in [3.8, 4) is 11.4 Å². The molecule has 3 aromatic carbocycles. The fourth-order valence-electron chi connectivity index (χ4n) is 3.15. The molecular formula is C20H13BrN4S. The van der Waals surface area contributed by atoms with Crippen molar-refractivity contribution >= 4 is 43.0 Å². The number of fused-ring (bicyclic) bond motifs is 2. The predicted molar refractivity (Wildman–Crippen MR) is 109 cm³/mol. The van der Waals surface area contributed by atoms with E-state index in [0.717, 1.165) is 32.2 Å². The second-order valence-corrected chi connectivity index (χ2v) is 7.90. The average molecular weight is 421 g/mol. The highest BCUT2D eigenvalue weighted by atomic mass is 79.9. The van der Waals surface area contributed by atoms with Gasteiger partial charge < -0.3 is 0 Å². The van der Waals surface area contributed by atoms with Crippen molar-refractivity contribution in [1.29, 1.82) is 0 Å². The standard InChI is InChI=1S/C20H13BrN4S/c21-17-11-4-3-10-16(17)19-22-23-20-25(19)24-18(26-20)12-14-8-5-7-13-6-1-2-9-15(13)14/h1-11H,12H2. The lowest BCUT2D eigenvalue weighted by atomic mass is 10.0. The summed E-state index contributed by atoms with van der Waals surface area (Å²) in [5, 5.41) is 17.0. The first-order valence-corrected chi connectivity index (χ1v) is 9.83. The van der Waals surface area contributed by atoms with Crippen LogP contribution in [-0.4, -0.2) is 19.8 Å². The van der Waals surface area contributed by atoms with E-state index in [2.05, 4.69) is 68.6 Å². The highest BCUT2D eigenvalue weighted by molar-refractivity contribution is 9.10. The first kappa shape index (κ1) is 15.7. The van der Waals surface area contributed by atoms with Crippen LogP contribution in [0.2, 0.25) is 0 Å². The van der Waals surface area contributed by atoms with Crippen molar-refractivity contribution in [3.05, 3.63) is 81.8 Å². The molecule has 0 amide bonds. The molecule has 5 aromatic rings. The highest BCUT2D eigenvalue weighted by Crippen LogP contribution is 2.29. The number of rotatable bonds is 3. The maximum atomic E-state index is 4.78. The van der Waals surface area contributed by atoms with Crippen LogP contribution in [0.5, 0.6) is 0 Å². The summed E-state index contributed by atoms with van der Waals surface area (Å²) in [5.74, 6) is 0.757. The van der Waals surface area contributed by atoms with Crippen LogP contribution in [0.3, 0.4) is 0 Å². The molecule has 0 N–H and O–H groups in total. The van der Waals surface area contributed by atoms with Gasteiger partial charge >= 0.3 is 0 Å². The molecule has 0 radical (unpaired) electrons. The Hall–Kier alpha value is -2.57. The molecule has 26 heavy (non-hydrogen) atoms. The molecule has 4 nitrogen and oxygen atoms in total. The van der Waals surface area contributed by atoms with Gasteiger partial charge in [-0.1, -0.05) is 81.9 Å². The van der Waals surface area contributed by atoms with Gasteiger partial charge in [-0.05, 0) is 28.5 Å². The van der Waals surface area contributed by atoms with E-state index >= 15 is 0 Å². The van der Waals surface area contributed by atoms with Gasteiger partial charge in [0.25, 0.3) is 0 Å². The quantitative estimate of drug-likeness (QED) is 0.394. The third-order valence-electron chi connectivity index (χ3n) is 4.37. The van der Waals surface area contributed by atoms with Crippen molar-refractivity contribution < 1.29 is 0 Å². The van der Waals surface area contributed by atoms with Gasteiger partial charge in [-0.25, -0.2) is 0 Å². The zero-order valence-electron chi connectivity index (χ0n) is 13.6. The Kier molecular flexibility index (Phi) is 3.80. The molecule has 5 rings (SSSR count).